The number of rotatable bonds is 8. The van der Waals surface area contributed by atoms with E-state index in [2.05, 4.69) is 123 Å². The maximum absolute atomic E-state index is 5.15. The molecule has 0 spiro atoms. The molecule has 42 heavy (non-hydrogen) atoms. The van der Waals surface area contributed by atoms with Gasteiger partial charge in [0.1, 0.15) is 0 Å². The van der Waals surface area contributed by atoms with Crippen LogP contribution in [0.2, 0.25) is 0 Å². The van der Waals surface area contributed by atoms with Gasteiger partial charge in [0.2, 0.25) is 0 Å². The third-order valence-corrected chi connectivity index (χ3v) is 8.60. The molecule has 0 aliphatic rings. The highest BCUT2D eigenvalue weighted by atomic mass is 14.7. The Balaban J connectivity index is 1.51. The zero-order chi connectivity index (χ0) is 28.5. The summed E-state index contributed by atoms with van der Waals surface area (Å²) in [5.41, 5.74) is 11.7. The zero-order valence-corrected chi connectivity index (χ0v) is 24.5. The van der Waals surface area contributed by atoms with E-state index in [9.17, 15) is 0 Å². The number of para-hydroxylation sites is 2. The van der Waals surface area contributed by atoms with E-state index in [1.54, 1.807) is 0 Å². The largest absolute Gasteiger partial charge is 0.248 e. The first kappa shape index (κ1) is 26.3. The maximum Gasteiger partial charge on any atom is 0.0737 e. The molecule has 2 aromatic heterocycles. The number of benzene rings is 5. The Morgan fingerprint density at radius 2 is 0.857 bits per heavy atom. The van der Waals surface area contributed by atoms with Crippen molar-refractivity contribution in [2.45, 2.75) is 52.4 Å². The van der Waals surface area contributed by atoms with Crippen molar-refractivity contribution in [3.8, 4) is 22.3 Å². The quantitative estimate of drug-likeness (QED) is 0.178. The van der Waals surface area contributed by atoms with Crippen molar-refractivity contribution in [1.82, 2.24) is 9.97 Å². The second-order valence-electron chi connectivity index (χ2n) is 11.5. The van der Waals surface area contributed by atoms with Gasteiger partial charge >= 0.3 is 0 Å². The van der Waals surface area contributed by atoms with Crippen LogP contribution in [0.1, 0.15) is 50.7 Å². The molecule has 2 heteroatoms. The molecule has 0 aliphatic carbocycles. The van der Waals surface area contributed by atoms with E-state index in [0.717, 1.165) is 34.9 Å². The fraction of sp³-hybridized carbons (Fsp3) is 0.200. The molecular weight excluding hydrogens is 508 g/mol. The highest BCUT2D eigenvalue weighted by Crippen LogP contribution is 2.41. The number of hydrogen-bond donors (Lipinski definition) is 0. The molecular formula is C40H36N2. The minimum atomic E-state index is 0.981. The van der Waals surface area contributed by atoms with Crippen molar-refractivity contribution in [1.29, 1.82) is 0 Å². The van der Waals surface area contributed by atoms with Crippen LogP contribution in [0.5, 0.6) is 0 Å². The van der Waals surface area contributed by atoms with E-state index < -0.39 is 0 Å². The fourth-order valence-corrected chi connectivity index (χ4v) is 6.34. The smallest absolute Gasteiger partial charge is 0.0737 e. The van der Waals surface area contributed by atoms with Gasteiger partial charge < -0.3 is 0 Å². The van der Waals surface area contributed by atoms with Crippen LogP contribution in [-0.2, 0) is 12.8 Å². The summed E-state index contributed by atoms with van der Waals surface area (Å²) in [6.07, 6.45) is 7.10. The monoisotopic (exact) mass is 544 g/mol. The average molecular weight is 545 g/mol. The third-order valence-electron chi connectivity index (χ3n) is 8.60. The first-order valence-electron chi connectivity index (χ1n) is 15.5. The second-order valence-corrected chi connectivity index (χ2v) is 11.5. The van der Waals surface area contributed by atoms with Gasteiger partial charge in [-0.15, -0.1) is 0 Å². The fourth-order valence-electron chi connectivity index (χ4n) is 6.34. The van der Waals surface area contributed by atoms with E-state index in [1.165, 1.54) is 80.6 Å². The van der Waals surface area contributed by atoms with Gasteiger partial charge in [-0.05, 0) is 72.2 Å². The topological polar surface area (TPSA) is 25.8 Å². The van der Waals surface area contributed by atoms with E-state index >= 15 is 0 Å². The number of fused-ring (bicyclic) bond motifs is 4. The van der Waals surface area contributed by atoms with Crippen LogP contribution in [0.25, 0.3) is 65.9 Å². The van der Waals surface area contributed by atoms with Gasteiger partial charge in [-0.1, -0.05) is 112 Å². The Kier molecular flexibility index (Phi) is 7.13. The van der Waals surface area contributed by atoms with Crippen molar-refractivity contribution in [3.05, 3.63) is 120 Å². The first-order chi connectivity index (χ1) is 20.7. The highest BCUT2D eigenvalue weighted by Gasteiger charge is 2.17. The minimum absolute atomic E-state index is 0.981. The molecule has 2 heterocycles. The van der Waals surface area contributed by atoms with Crippen LogP contribution < -0.4 is 0 Å². The summed E-state index contributed by atoms with van der Waals surface area (Å²) in [5.74, 6) is 0. The summed E-state index contributed by atoms with van der Waals surface area (Å²) >= 11 is 0. The minimum Gasteiger partial charge on any atom is -0.248 e. The van der Waals surface area contributed by atoms with Gasteiger partial charge in [-0.25, -0.2) is 9.97 Å². The molecule has 0 saturated carbocycles. The Hall–Kier alpha value is -4.56. The molecule has 206 valence electrons. The molecule has 0 N–H and O–H groups in total. The lowest BCUT2D eigenvalue weighted by molar-refractivity contribution is 0.795. The third kappa shape index (κ3) is 4.81. The van der Waals surface area contributed by atoms with Crippen molar-refractivity contribution >= 4 is 43.6 Å². The Morgan fingerprint density at radius 3 is 1.29 bits per heavy atom. The predicted octanol–water partition coefficient (Wildman–Crippen LogP) is 11.1. The van der Waals surface area contributed by atoms with E-state index in [1.807, 2.05) is 0 Å². The van der Waals surface area contributed by atoms with E-state index in [-0.39, 0.29) is 0 Å². The number of hydrogen-bond acceptors (Lipinski definition) is 2. The first-order valence-corrected chi connectivity index (χ1v) is 15.5. The van der Waals surface area contributed by atoms with Gasteiger partial charge in [0, 0.05) is 32.7 Å². The number of pyridine rings is 2. The SMILES string of the molecule is CCCCc1ccc(-c2c3ccccc3nc3cc4nc5ccccc5c(-c5ccc(CCCC)cc5)c4cc23)cc1. The lowest BCUT2D eigenvalue weighted by Crippen LogP contribution is -1.94. The molecule has 0 unspecified atom stereocenters. The van der Waals surface area contributed by atoms with Crippen molar-refractivity contribution in [2.75, 3.05) is 0 Å². The molecule has 0 amide bonds. The van der Waals surface area contributed by atoms with E-state index in [4.69, 9.17) is 9.97 Å². The molecule has 2 nitrogen and oxygen atoms in total. The zero-order valence-electron chi connectivity index (χ0n) is 24.5. The Labute approximate surface area is 248 Å². The molecule has 7 rings (SSSR count). The summed E-state index contributed by atoms with van der Waals surface area (Å²) in [5, 5.41) is 4.70. The van der Waals surface area contributed by atoms with Gasteiger partial charge in [0.25, 0.3) is 0 Å². The lowest BCUT2D eigenvalue weighted by atomic mass is 9.91. The average Bonchev–Trinajstić information content (AvgIpc) is 3.04. The Morgan fingerprint density at radius 1 is 0.429 bits per heavy atom. The molecule has 0 saturated heterocycles. The van der Waals surface area contributed by atoms with Crippen LogP contribution in [0.15, 0.2) is 109 Å². The summed E-state index contributed by atoms with van der Waals surface area (Å²) in [6, 6.07) is 40.0. The van der Waals surface area contributed by atoms with Gasteiger partial charge in [-0.3, -0.25) is 0 Å². The van der Waals surface area contributed by atoms with Crippen molar-refractivity contribution < 1.29 is 0 Å². The van der Waals surface area contributed by atoms with Gasteiger partial charge in [0.05, 0.1) is 22.1 Å². The molecule has 0 atom stereocenters. The summed E-state index contributed by atoms with van der Waals surface area (Å²) in [6.45, 7) is 4.50. The maximum atomic E-state index is 5.15. The van der Waals surface area contributed by atoms with Crippen molar-refractivity contribution in [2.24, 2.45) is 0 Å². The summed E-state index contributed by atoms with van der Waals surface area (Å²) in [7, 11) is 0. The van der Waals surface area contributed by atoms with Gasteiger partial charge in [0.15, 0.2) is 0 Å². The number of aryl methyl sites for hydroxylation is 2. The summed E-state index contributed by atoms with van der Waals surface area (Å²) < 4.78 is 0. The molecule has 0 radical (unpaired) electrons. The second kappa shape index (κ2) is 11.4. The molecule has 0 aliphatic heterocycles. The number of nitrogens with zero attached hydrogens (tertiary/aromatic N) is 2. The molecule has 0 bridgehead atoms. The predicted molar refractivity (Wildman–Crippen MR) is 180 cm³/mol. The van der Waals surface area contributed by atoms with Crippen LogP contribution in [0.3, 0.4) is 0 Å². The highest BCUT2D eigenvalue weighted by molar-refractivity contribution is 6.17. The normalized spacial score (nSPS) is 11.7. The van der Waals surface area contributed by atoms with Crippen molar-refractivity contribution in [3.63, 3.8) is 0 Å². The molecule has 0 fully saturated rings. The number of aromatic nitrogens is 2. The molecule has 5 aromatic carbocycles. The van der Waals surface area contributed by atoms with E-state index in [0.29, 0.717) is 0 Å². The van der Waals surface area contributed by atoms with Crippen LogP contribution >= 0.6 is 0 Å². The summed E-state index contributed by atoms with van der Waals surface area (Å²) in [4.78, 5) is 10.3. The van der Waals surface area contributed by atoms with Crippen LogP contribution in [0.4, 0.5) is 0 Å². The Bertz CT molecular complexity index is 1890. The standard InChI is InChI=1S/C40H36N2/c1-3-5-11-27-17-21-29(22-18-27)39-31-13-7-9-15-35(31)41-37-26-38-34(25-33(37)39)40(32-14-8-10-16-36(32)42-38)30-23-19-28(20-24-30)12-6-4-2/h7-10,13-26H,3-6,11-12H2,1-2H3. The van der Waals surface area contributed by atoms with Gasteiger partial charge in [-0.2, -0.15) is 0 Å². The van der Waals surface area contributed by atoms with Crippen LogP contribution in [-0.4, -0.2) is 9.97 Å². The van der Waals surface area contributed by atoms with Crippen LogP contribution in [0, 0.1) is 0 Å². The number of unbranched alkanes of at least 4 members (excludes halogenated alkanes) is 2. The lowest BCUT2D eigenvalue weighted by Gasteiger charge is -2.16. The molecule has 7 aromatic rings.